The number of nitrogens with one attached hydrogen (secondary N) is 1. The van der Waals surface area contributed by atoms with Crippen molar-refractivity contribution in [3.05, 3.63) is 35.9 Å². The van der Waals surface area contributed by atoms with Gasteiger partial charge in [0.15, 0.2) is 5.78 Å². The zero-order valence-electron chi connectivity index (χ0n) is 14.7. The van der Waals surface area contributed by atoms with Crippen molar-refractivity contribution in [2.45, 2.75) is 44.3 Å². The Labute approximate surface area is 158 Å². The molecule has 0 saturated carbocycles. The second-order valence-electron chi connectivity index (χ2n) is 6.79. The number of ketones is 1. The van der Waals surface area contributed by atoms with Gasteiger partial charge in [0, 0.05) is 19.6 Å². The fourth-order valence-electron chi connectivity index (χ4n) is 3.79. The summed E-state index contributed by atoms with van der Waals surface area (Å²) >= 11 is 5.68. The van der Waals surface area contributed by atoms with Crippen LogP contribution in [0.4, 0.5) is 4.79 Å². The Hall–Kier alpha value is -2.08. The Morgan fingerprint density at radius 1 is 1.00 bits per heavy atom. The van der Waals surface area contributed by atoms with E-state index in [1.54, 1.807) is 9.80 Å². The average Bonchev–Trinajstić information content (AvgIpc) is 3.35. The number of hydrogen-bond acceptors (Lipinski definition) is 3. The molecule has 0 aromatic heterocycles. The molecular formula is C19H24ClN3O3. The zero-order valence-corrected chi connectivity index (χ0v) is 15.5. The third kappa shape index (κ3) is 4.01. The van der Waals surface area contributed by atoms with Gasteiger partial charge >= 0.3 is 6.03 Å². The number of amides is 3. The largest absolute Gasteiger partial charge is 0.334 e. The van der Waals surface area contributed by atoms with Crippen LogP contribution in [0.15, 0.2) is 30.3 Å². The molecule has 0 bridgehead atoms. The van der Waals surface area contributed by atoms with Gasteiger partial charge in [-0.25, -0.2) is 4.79 Å². The third-order valence-electron chi connectivity index (χ3n) is 5.12. The maximum atomic E-state index is 13.0. The first-order chi connectivity index (χ1) is 12.6. The van der Waals surface area contributed by atoms with Gasteiger partial charge in [-0.2, -0.15) is 0 Å². The van der Waals surface area contributed by atoms with Crippen molar-refractivity contribution in [3.63, 3.8) is 0 Å². The number of nitrogens with zero attached hydrogens (tertiary/aromatic N) is 2. The number of alkyl halides is 1. The molecule has 0 aliphatic carbocycles. The lowest BCUT2D eigenvalue weighted by molar-refractivity contribution is -0.139. The summed E-state index contributed by atoms with van der Waals surface area (Å²) in [5.74, 6) is -0.325. The molecule has 26 heavy (non-hydrogen) atoms. The van der Waals surface area contributed by atoms with Crippen molar-refractivity contribution in [2.75, 3.05) is 19.0 Å². The van der Waals surface area contributed by atoms with E-state index in [2.05, 4.69) is 5.32 Å². The SMILES string of the molecule is O=C(CCl)[C@@H]1CCCN1C(=O)[C@@H]1CCCN1C(=O)NCc1ccccc1. The summed E-state index contributed by atoms with van der Waals surface area (Å²) in [4.78, 5) is 40.8. The Kier molecular flexibility index (Phi) is 6.14. The number of hydrogen-bond donors (Lipinski definition) is 1. The molecule has 1 N–H and O–H groups in total. The van der Waals surface area contributed by atoms with Crippen molar-refractivity contribution in [3.8, 4) is 0 Å². The highest BCUT2D eigenvalue weighted by Crippen LogP contribution is 2.25. The molecule has 7 heteroatoms. The maximum Gasteiger partial charge on any atom is 0.318 e. The number of halogens is 1. The lowest BCUT2D eigenvalue weighted by Crippen LogP contribution is -2.53. The highest BCUT2D eigenvalue weighted by Gasteiger charge is 2.41. The van der Waals surface area contributed by atoms with Gasteiger partial charge in [0.25, 0.3) is 0 Å². The van der Waals surface area contributed by atoms with Crippen LogP contribution in [-0.2, 0) is 16.1 Å². The van der Waals surface area contributed by atoms with Gasteiger partial charge in [-0.15, -0.1) is 11.6 Å². The van der Waals surface area contributed by atoms with Crippen LogP contribution < -0.4 is 5.32 Å². The standard InChI is InChI=1S/C19H24ClN3O3/c20-12-17(24)15-8-4-10-22(15)18(25)16-9-5-11-23(16)19(26)21-13-14-6-2-1-3-7-14/h1-3,6-7,15-16H,4-5,8-13H2,(H,21,26)/t15-,16-/m0/s1. The van der Waals surface area contributed by atoms with Gasteiger partial charge in [0.05, 0.1) is 11.9 Å². The number of rotatable bonds is 5. The van der Waals surface area contributed by atoms with Gasteiger partial charge in [0.1, 0.15) is 6.04 Å². The smallest absolute Gasteiger partial charge is 0.318 e. The quantitative estimate of drug-likeness (QED) is 0.799. The van der Waals surface area contributed by atoms with Crippen molar-refractivity contribution in [2.24, 2.45) is 0 Å². The minimum atomic E-state index is -0.491. The van der Waals surface area contributed by atoms with Crippen molar-refractivity contribution in [1.82, 2.24) is 15.1 Å². The van der Waals surface area contributed by atoms with E-state index in [4.69, 9.17) is 11.6 Å². The van der Waals surface area contributed by atoms with E-state index in [0.717, 1.165) is 18.4 Å². The molecule has 0 radical (unpaired) electrons. The predicted octanol–water partition coefficient (Wildman–Crippen LogP) is 2.16. The molecule has 2 atom stereocenters. The third-order valence-corrected chi connectivity index (χ3v) is 5.39. The molecule has 6 nitrogen and oxygen atoms in total. The van der Waals surface area contributed by atoms with Crippen LogP contribution in [0.5, 0.6) is 0 Å². The van der Waals surface area contributed by atoms with Crippen LogP contribution in [0.3, 0.4) is 0 Å². The number of Topliss-reactive ketones (excluding diaryl/α,β-unsaturated/α-hetero) is 1. The second-order valence-corrected chi connectivity index (χ2v) is 7.05. The van der Waals surface area contributed by atoms with Gasteiger partial charge in [0.2, 0.25) is 5.91 Å². The van der Waals surface area contributed by atoms with E-state index in [0.29, 0.717) is 32.5 Å². The lowest BCUT2D eigenvalue weighted by atomic mass is 10.1. The number of carbonyl (C=O) groups is 3. The molecule has 2 aliphatic heterocycles. The summed E-state index contributed by atoms with van der Waals surface area (Å²) in [6, 6.07) is 8.50. The summed E-state index contributed by atoms with van der Waals surface area (Å²) in [5.41, 5.74) is 1.01. The van der Waals surface area contributed by atoms with Crippen molar-refractivity contribution < 1.29 is 14.4 Å². The average molecular weight is 378 g/mol. The maximum absolute atomic E-state index is 13.0. The summed E-state index contributed by atoms with van der Waals surface area (Å²) < 4.78 is 0. The predicted molar refractivity (Wildman–Crippen MR) is 98.9 cm³/mol. The van der Waals surface area contributed by atoms with Gasteiger partial charge in [-0.05, 0) is 31.2 Å². The fraction of sp³-hybridized carbons (Fsp3) is 0.526. The molecular weight excluding hydrogens is 354 g/mol. The normalized spacial score (nSPS) is 22.5. The molecule has 1 aromatic carbocycles. The minimum absolute atomic E-state index is 0.0829. The van der Waals surface area contributed by atoms with E-state index in [1.165, 1.54) is 0 Å². The van der Waals surface area contributed by atoms with Gasteiger partial charge < -0.3 is 15.1 Å². The van der Waals surface area contributed by atoms with Crippen LogP contribution in [0.2, 0.25) is 0 Å². The monoisotopic (exact) mass is 377 g/mol. The number of carbonyl (C=O) groups excluding carboxylic acids is 3. The zero-order chi connectivity index (χ0) is 18.5. The van der Waals surface area contributed by atoms with Crippen molar-refractivity contribution in [1.29, 1.82) is 0 Å². The van der Waals surface area contributed by atoms with E-state index in [1.807, 2.05) is 30.3 Å². The van der Waals surface area contributed by atoms with Gasteiger partial charge in [-0.1, -0.05) is 30.3 Å². The summed E-state index contributed by atoms with van der Waals surface area (Å²) in [5, 5.41) is 2.89. The van der Waals surface area contributed by atoms with Crippen LogP contribution in [0.25, 0.3) is 0 Å². The first kappa shape index (κ1) is 18.7. The molecule has 0 spiro atoms. The minimum Gasteiger partial charge on any atom is -0.334 e. The second kappa shape index (κ2) is 8.54. The Bertz CT molecular complexity index is 667. The highest BCUT2D eigenvalue weighted by molar-refractivity contribution is 6.28. The molecule has 2 fully saturated rings. The molecule has 1 aromatic rings. The molecule has 2 heterocycles. The van der Waals surface area contributed by atoms with Crippen LogP contribution in [0.1, 0.15) is 31.2 Å². The molecule has 0 unspecified atom stereocenters. The van der Waals surface area contributed by atoms with Crippen LogP contribution in [0, 0.1) is 0 Å². The summed E-state index contributed by atoms with van der Waals surface area (Å²) in [6.07, 6.45) is 2.88. The highest BCUT2D eigenvalue weighted by atomic mass is 35.5. The van der Waals surface area contributed by atoms with Crippen molar-refractivity contribution >= 4 is 29.3 Å². The van der Waals surface area contributed by atoms with Crippen LogP contribution >= 0.6 is 11.6 Å². The van der Waals surface area contributed by atoms with E-state index < -0.39 is 12.1 Å². The van der Waals surface area contributed by atoms with E-state index in [9.17, 15) is 14.4 Å². The topological polar surface area (TPSA) is 69.7 Å². The summed E-state index contributed by atoms with van der Waals surface area (Å²) in [7, 11) is 0. The van der Waals surface area contributed by atoms with Gasteiger partial charge in [-0.3, -0.25) is 9.59 Å². The number of urea groups is 1. The Balaban J connectivity index is 1.62. The first-order valence-corrected chi connectivity index (χ1v) is 9.63. The summed E-state index contributed by atoms with van der Waals surface area (Å²) in [6.45, 7) is 1.54. The van der Waals surface area contributed by atoms with Crippen LogP contribution in [-0.4, -0.2) is 58.6 Å². The molecule has 2 aliphatic rings. The number of benzene rings is 1. The molecule has 3 amide bonds. The lowest BCUT2D eigenvalue weighted by Gasteiger charge is -2.30. The first-order valence-electron chi connectivity index (χ1n) is 9.09. The van der Waals surface area contributed by atoms with E-state index in [-0.39, 0.29) is 23.6 Å². The molecule has 2 saturated heterocycles. The molecule has 140 valence electrons. The number of likely N-dealkylation sites (tertiary alicyclic amines) is 2. The van der Waals surface area contributed by atoms with E-state index >= 15 is 0 Å². The fourth-order valence-corrected chi connectivity index (χ4v) is 3.97. The Morgan fingerprint density at radius 3 is 2.35 bits per heavy atom. The molecule has 3 rings (SSSR count). The Morgan fingerprint density at radius 2 is 1.65 bits per heavy atom.